The molecule has 0 spiro atoms. The average molecular weight is 1030 g/mol. The fraction of sp³-hybridized carbons (Fsp3) is 0.964. The van der Waals surface area contributed by atoms with Gasteiger partial charge in [-0.25, -0.2) is 0 Å². The van der Waals surface area contributed by atoms with Crippen LogP contribution in [0.3, 0.4) is 0 Å². The van der Waals surface area contributed by atoms with Crippen molar-refractivity contribution in [2.75, 3.05) is 13.2 Å². The number of hydrogen-bond acceptors (Lipinski definition) is 7. The summed E-state index contributed by atoms with van der Waals surface area (Å²) in [7, 11) is -10.5. The van der Waals surface area contributed by atoms with Crippen LogP contribution < -0.4 is 0 Å². The van der Waals surface area contributed by atoms with Crippen molar-refractivity contribution < 1.29 is 32.3 Å². The first-order chi connectivity index (χ1) is 29.5. The van der Waals surface area contributed by atoms with Crippen molar-refractivity contribution in [1.29, 1.82) is 0 Å². The fourth-order valence-corrected chi connectivity index (χ4v) is 14.2. The van der Waals surface area contributed by atoms with E-state index >= 15 is 0 Å². The minimum absolute atomic E-state index is 0.00862. The Bertz CT molecular complexity index is 1460. The molecule has 0 heterocycles. The molecule has 7 nitrogen and oxygen atoms in total. The number of hydrogen-bond donors (Lipinski definition) is 2. The van der Waals surface area contributed by atoms with Crippen LogP contribution in [0.15, 0.2) is 12.2 Å². The second kappa shape index (κ2) is 25.2. The van der Waals surface area contributed by atoms with E-state index in [1.54, 1.807) is 0 Å². The van der Waals surface area contributed by atoms with Gasteiger partial charge >= 0.3 is 0 Å². The Balaban J connectivity index is 6.71. The lowest BCUT2D eigenvalue weighted by Crippen LogP contribution is -2.53. The average Bonchev–Trinajstić information content (AvgIpc) is 3.12. The van der Waals surface area contributed by atoms with Gasteiger partial charge in [0.05, 0.1) is 30.5 Å². The highest BCUT2D eigenvalue weighted by molar-refractivity contribution is 6.75. The van der Waals surface area contributed by atoms with Gasteiger partial charge in [0.2, 0.25) is 0 Å². The minimum Gasteiger partial charge on any atom is -0.416 e. The Morgan fingerprint density at radius 3 is 1.24 bits per heavy atom. The second-order valence-corrected chi connectivity index (χ2v) is 53.4. The van der Waals surface area contributed by atoms with Gasteiger partial charge in [-0.05, 0) is 122 Å². The van der Waals surface area contributed by atoms with Gasteiger partial charge in [-0.2, -0.15) is 0 Å². The maximum Gasteiger partial charge on any atom is 0.192 e. The monoisotopic (exact) mass is 1030 g/mol. The topological polar surface area (TPSA) is 86.6 Å². The molecule has 2 N–H and O–H groups in total. The van der Waals surface area contributed by atoms with Crippen molar-refractivity contribution >= 4 is 41.6 Å². The highest BCUT2D eigenvalue weighted by Gasteiger charge is 2.47. The molecule has 0 radical (unpaired) electrons. The smallest absolute Gasteiger partial charge is 0.192 e. The van der Waals surface area contributed by atoms with Crippen LogP contribution in [0.25, 0.3) is 0 Å². The van der Waals surface area contributed by atoms with Gasteiger partial charge in [-0.15, -0.1) is 0 Å². The van der Waals surface area contributed by atoms with Crippen LogP contribution in [0.2, 0.25) is 90.7 Å². The van der Waals surface area contributed by atoms with E-state index in [0.29, 0.717) is 18.9 Å². The molecule has 67 heavy (non-hydrogen) atoms. The lowest BCUT2D eigenvalue weighted by Gasteiger charge is -2.47. The van der Waals surface area contributed by atoms with E-state index < -0.39 is 47.7 Å². The van der Waals surface area contributed by atoms with Gasteiger partial charge in [0.1, 0.15) is 0 Å². The zero-order valence-electron chi connectivity index (χ0n) is 50.7. The summed E-state index contributed by atoms with van der Waals surface area (Å²) in [5, 5.41) is 22.7. The molecule has 11 atom stereocenters. The summed E-state index contributed by atoms with van der Waals surface area (Å²) < 4.78 is 36.1. The summed E-state index contributed by atoms with van der Waals surface area (Å²) >= 11 is 0. The molecule has 12 heteroatoms. The van der Waals surface area contributed by atoms with Crippen LogP contribution in [-0.4, -0.2) is 95.5 Å². The van der Waals surface area contributed by atoms with Crippen molar-refractivity contribution in [2.24, 2.45) is 35.5 Å². The first-order valence-corrected chi connectivity index (χ1v) is 41.3. The van der Waals surface area contributed by atoms with Gasteiger partial charge in [-0.3, -0.25) is 0 Å². The fourth-order valence-electron chi connectivity index (χ4n) is 7.40. The molecular weight excluding hydrogens is 913 g/mol. The molecule has 0 fully saturated rings. The van der Waals surface area contributed by atoms with Gasteiger partial charge in [-0.1, -0.05) is 158 Å². The van der Waals surface area contributed by atoms with E-state index in [-0.39, 0.29) is 85.8 Å². The molecule has 0 aliphatic carbocycles. The van der Waals surface area contributed by atoms with E-state index in [0.717, 1.165) is 19.3 Å². The zero-order chi connectivity index (χ0) is 53.5. The van der Waals surface area contributed by atoms with Crippen molar-refractivity contribution in [3.8, 4) is 0 Å². The highest BCUT2D eigenvalue weighted by atomic mass is 28.4. The summed E-state index contributed by atoms with van der Waals surface area (Å²) in [5.74, 6) is 0.827. The Labute approximate surface area is 424 Å². The first kappa shape index (κ1) is 67.5. The van der Waals surface area contributed by atoms with E-state index in [1.807, 2.05) is 0 Å². The molecule has 0 amide bonds. The van der Waals surface area contributed by atoms with Crippen molar-refractivity contribution in [1.82, 2.24) is 0 Å². The zero-order valence-corrected chi connectivity index (χ0v) is 55.7. The molecule has 0 saturated heterocycles. The Kier molecular flexibility index (Phi) is 25.4. The highest BCUT2D eigenvalue weighted by Crippen LogP contribution is 2.45. The predicted molar refractivity (Wildman–Crippen MR) is 307 cm³/mol. The standard InChI is InChI=1S/C55H120O7Si5/c1-40(36-42(3)49(57)41(2)33-34-46(59-64(24,25)52(10,11)12)37-48(43(4)38-56)61-66(28,29)54(16,17)18)32-35-47(60-65(26,27)53(13,14)15)45(6)50(62-67(30,31)55(19,20)21)44(5)39-58-63(22,23)51(7,8)9/h33-34,40-50,56-57H,32,35-39H2,1-31H3/t40-,41-,42+,43-,44-,45-,46+,47+,48-,49-,50-/m0/s1. The molecule has 0 rings (SSSR count). The Hall–Kier alpha value is 0.544. The molecule has 0 aromatic carbocycles. The van der Waals surface area contributed by atoms with Gasteiger partial charge in [0, 0.05) is 43.3 Å². The lowest BCUT2D eigenvalue weighted by atomic mass is 9.83. The SMILES string of the molecule is C[C@@H](CC[C@@H](O[Si](C)(C)C(C)(C)C)[C@H](C)[C@@H](O[Si](C)(C)C(C)(C)C)[C@@H](C)CO[Si](C)(C)C(C)(C)C)C[C@@H](C)[C@@H](O)[C@@H](C)C=C[C@H](C[C@H](O[Si](C)(C)C(C)(C)C)[C@@H](C)CO)O[Si](C)(C)C(C)(C)C. The third-order valence-corrected chi connectivity index (χ3v) is 40.5. The molecule has 0 aliphatic heterocycles. The minimum atomic E-state index is -2.16. The van der Waals surface area contributed by atoms with E-state index in [2.05, 4.69) is 223 Å². The second-order valence-electron chi connectivity index (χ2n) is 29.5. The number of aliphatic hydroxyl groups is 2. The van der Waals surface area contributed by atoms with Crippen molar-refractivity contribution in [2.45, 2.75) is 292 Å². The van der Waals surface area contributed by atoms with E-state index in [1.165, 1.54) is 0 Å². The first-order valence-electron chi connectivity index (χ1n) is 26.8. The molecule has 0 bridgehead atoms. The lowest BCUT2D eigenvalue weighted by molar-refractivity contribution is -0.0108. The van der Waals surface area contributed by atoms with Gasteiger partial charge < -0.3 is 32.3 Å². The normalized spacial score (nSPS) is 20.0. The van der Waals surface area contributed by atoms with Crippen molar-refractivity contribution in [3.05, 3.63) is 12.2 Å². The Morgan fingerprint density at radius 2 is 0.836 bits per heavy atom. The van der Waals surface area contributed by atoms with Crippen molar-refractivity contribution in [3.63, 3.8) is 0 Å². The summed E-state index contributed by atoms with van der Waals surface area (Å²) in [6, 6.07) is 0. The third-order valence-electron chi connectivity index (χ3n) is 18.0. The third kappa shape index (κ3) is 20.8. The predicted octanol–water partition coefficient (Wildman–Crippen LogP) is 16.9. The molecule has 402 valence electrons. The summed E-state index contributed by atoms with van der Waals surface area (Å²) in [4.78, 5) is 0. The van der Waals surface area contributed by atoms with Crippen LogP contribution in [0, 0.1) is 35.5 Å². The van der Waals surface area contributed by atoms with E-state index in [9.17, 15) is 10.2 Å². The van der Waals surface area contributed by atoms with Crippen LogP contribution in [-0.2, 0) is 22.1 Å². The van der Waals surface area contributed by atoms with Gasteiger partial charge in [0.15, 0.2) is 41.6 Å². The summed E-state index contributed by atoms with van der Waals surface area (Å²) in [6.07, 6.45) is 7.23. The van der Waals surface area contributed by atoms with Gasteiger partial charge in [0.25, 0.3) is 0 Å². The largest absolute Gasteiger partial charge is 0.416 e. The molecule has 0 saturated carbocycles. The summed E-state index contributed by atoms with van der Waals surface area (Å²) in [6.45, 7) is 72.6. The van der Waals surface area contributed by atoms with E-state index in [4.69, 9.17) is 22.1 Å². The quantitative estimate of drug-likeness (QED) is 0.0626. The van der Waals surface area contributed by atoms with Crippen LogP contribution in [0.5, 0.6) is 0 Å². The molecular formula is C55H120O7Si5. The molecule has 0 aliphatic rings. The maximum absolute atomic E-state index is 12.0. The maximum atomic E-state index is 12.0. The molecule has 0 aromatic heterocycles. The summed E-state index contributed by atoms with van der Waals surface area (Å²) in [5.41, 5.74) is 0. The van der Waals surface area contributed by atoms with Crippen LogP contribution in [0.4, 0.5) is 0 Å². The molecule has 0 unspecified atom stereocenters. The Morgan fingerprint density at radius 1 is 0.448 bits per heavy atom. The molecule has 0 aromatic rings. The number of aliphatic hydroxyl groups excluding tert-OH is 2. The van der Waals surface area contributed by atoms with Crippen LogP contribution in [0.1, 0.15) is 171 Å². The van der Waals surface area contributed by atoms with Crippen LogP contribution >= 0.6 is 0 Å². The number of rotatable bonds is 27.